The molecule has 1 N–H and O–H groups in total. The minimum atomic E-state index is 0.0917. The Labute approximate surface area is 153 Å². The van der Waals surface area contributed by atoms with Crippen molar-refractivity contribution in [2.75, 3.05) is 37.6 Å². The number of benzene rings is 1. The predicted octanol–water partition coefficient (Wildman–Crippen LogP) is 2.56. The van der Waals surface area contributed by atoms with Crippen molar-refractivity contribution >= 4 is 23.2 Å². The Bertz CT molecular complexity index is 687. The van der Waals surface area contributed by atoms with Crippen molar-refractivity contribution in [3.8, 4) is 0 Å². The van der Waals surface area contributed by atoms with E-state index in [0.717, 1.165) is 43.3 Å². The number of carbonyl (C=O) groups is 1. The van der Waals surface area contributed by atoms with Crippen molar-refractivity contribution in [1.82, 2.24) is 15.2 Å². The highest BCUT2D eigenvalue weighted by Crippen LogP contribution is 2.20. The van der Waals surface area contributed by atoms with Gasteiger partial charge >= 0.3 is 0 Å². The highest BCUT2D eigenvalue weighted by Gasteiger charge is 2.17. The molecule has 2 aromatic rings. The fraction of sp³-hybridized carbons (Fsp3) is 0.368. The van der Waals surface area contributed by atoms with Gasteiger partial charge in [-0.2, -0.15) is 0 Å². The van der Waals surface area contributed by atoms with Crippen LogP contribution in [-0.2, 0) is 11.3 Å². The highest BCUT2D eigenvalue weighted by atomic mass is 35.5. The molecule has 1 aliphatic heterocycles. The van der Waals surface area contributed by atoms with Gasteiger partial charge < -0.3 is 10.2 Å². The van der Waals surface area contributed by atoms with Gasteiger partial charge in [0.1, 0.15) is 0 Å². The van der Waals surface area contributed by atoms with Gasteiger partial charge in [0.15, 0.2) is 0 Å². The van der Waals surface area contributed by atoms with Gasteiger partial charge in [0, 0.05) is 68.8 Å². The number of carbonyl (C=O) groups excluding carboxylic acids is 1. The van der Waals surface area contributed by atoms with Gasteiger partial charge in [-0.1, -0.05) is 17.7 Å². The number of nitrogens with zero attached hydrogens (tertiary/aromatic N) is 3. The third-order valence-corrected chi connectivity index (χ3v) is 4.67. The summed E-state index contributed by atoms with van der Waals surface area (Å²) in [5, 5.41) is 3.73. The molecule has 0 spiro atoms. The molecule has 1 saturated heterocycles. The van der Waals surface area contributed by atoms with Crippen LogP contribution in [0.15, 0.2) is 48.8 Å². The molecular weight excluding hydrogens is 336 g/mol. The van der Waals surface area contributed by atoms with E-state index in [-0.39, 0.29) is 5.91 Å². The van der Waals surface area contributed by atoms with E-state index in [4.69, 9.17) is 11.6 Å². The second-order valence-electron chi connectivity index (χ2n) is 6.19. The Morgan fingerprint density at radius 3 is 2.60 bits per heavy atom. The summed E-state index contributed by atoms with van der Waals surface area (Å²) in [4.78, 5) is 20.7. The van der Waals surface area contributed by atoms with Crippen molar-refractivity contribution in [1.29, 1.82) is 0 Å². The van der Waals surface area contributed by atoms with Gasteiger partial charge in [-0.05, 0) is 35.9 Å². The molecule has 1 amide bonds. The minimum absolute atomic E-state index is 0.0917. The molecule has 1 aromatic carbocycles. The van der Waals surface area contributed by atoms with Crippen LogP contribution in [0, 0.1) is 0 Å². The van der Waals surface area contributed by atoms with E-state index in [0.29, 0.717) is 13.0 Å². The molecule has 0 aliphatic carbocycles. The van der Waals surface area contributed by atoms with Crippen LogP contribution in [0.4, 0.5) is 5.69 Å². The molecule has 2 heterocycles. The van der Waals surface area contributed by atoms with Crippen molar-refractivity contribution < 1.29 is 4.79 Å². The van der Waals surface area contributed by atoms with Crippen LogP contribution in [0.1, 0.15) is 12.0 Å². The molecule has 1 fully saturated rings. The molecule has 5 nitrogen and oxygen atoms in total. The molecule has 0 radical (unpaired) electrons. The molecule has 132 valence electrons. The van der Waals surface area contributed by atoms with Gasteiger partial charge in [-0.25, -0.2) is 0 Å². The summed E-state index contributed by atoms with van der Waals surface area (Å²) in [5.74, 6) is 0.0917. The van der Waals surface area contributed by atoms with E-state index in [1.807, 2.05) is 30.3 Å². The number of amides is 1. The first-order valence-electron chi connectivity index (χ1n) is 8.59. The molecule has 1 aliphatic rings. The van der Waals surface area contributed by atoms with Gasteiger partial charge in [-0.15, -0.1) is 0 Å². The van der Waals surface area contributed by atoms with E-state index < -0.39 is 0 Å². The van der Waals surface area contributed by atoms with Crippen molar-refractivity contribution in [3.63, 3.8) is 0 Å². The number of hydrogen-bond acceptors (Lipinski definition) is 4. The average molecular weight is 359 g/mol. The molecule has 6 heteroatoms. The van der Waals surface area contributed by atoms with Crippen LogP contribution < -0.4 is 10.2 Å². The van der Waals surface area contributed by atoms with E-state index in [9.17, 15) is 4.79 Å². The zero-order chi connectivity index (χ0) is 17.5. The number of anilines is 1. The number of piperazine rings is 1. The first kappa shape index (κ1) is 17.7. The molecule has 25 heavy (non-hydrogen) atoms. The van der Waals surface area contributed by atoms with Crippen molar-refractivity contribution in [2.24, 2.45) is 0 Å². The number of rotatable bonds is 6. The molecule has 0 bridgehead atoms. The van der Waals surface area contributed by atoms with Crippen LogP contribution in [-0.4, -0.2) is 48.5 Å². The minimum Gasteiger partial charge on any atom is -0.369 e. The van der Waals surface area contributed by atoms with Crippen molar-refractivity contribution in [2.45, 2.75) is 13.0 Å². The summed E-state index contributed by atoms with van der Waals surface area (Å²) in [6.45, 7) is 5.20. The highest BCUT2D eigenvalue weighted by molar-refractivity contribution is 6.30. The summed E-state index contributed by atoms with van der Waals surface area (Å²) in [6, 6.07) is 11.8. The Hall–Kier alpha value is -2.11. The third-order valence-electron chi connectivity index (χ3n) is 4.44. The van der Waals surface area contributed by atoms with Crippen LogP contribution in [0.2, 0.25) is 5.02 Å². The number of aromatic nitrogens is 1. The van der Waals surface area contributed by atoms with E-state index in [2.05, 4.69) is 26.2 Å². The van der Waals surface area contributed by atoms with Crippen LogP contribution in [0.25, 0.3) is 0 Å². The third kappa shape index (κ3) is 5.44. The van der Waals surface area contributed by atoms with Gasteiger partial charge in [0.25, 0.3) is 0 Å². The molecule has 3 rings (SSSR count). The van der Waals surface area contributed by atoms with E-state index in [1.165, 1.54) is 5.69 Å². The maximum absolute atomic E-state index is 12.0. The van der Waals surface area contributed by atoms with Gasteiger partial charge in [0.05, 0.1) is 0 Å². The second kappa shape index (κ2) is 8.83. The topological polar surface area (TPSA) is 48.5 Å². The van der Waals surface area contributed by atoms with Gasteiger partial charge in [0.2, 0.25) is 5.91 Å². The lowest BCUT2D eigenvalue weighted by Crippen LogP contribution is -2.47. The molecular formula is C19H23ClN4O. The molecule has 0 saturated carbocycles. The van der Waals surface area contributed by atoms with Crippen molar-refractivity contribution in [3.05, 3.63) is 59.4 Å². The maximum Gasteiger partial charge on any atom is 0.221 e. The van der Waals surface area contributed by atoms with Crippen LogP contribution in [0.3, 0.4) is 0 Å². The Morgan fingerprint density at radius 1 is 1.12 bits per heavy atom. The lowest BCUT2D eigenvalue weighted by Gasteiger charge is -2.36. The summed E-state index contributed by atoms with van der Waals surface area (Å²) >= 11 is 6.07. The first-order valence-corrected chi connectivity index (χ1v) is 8.97. The number of hydrogen-bond donors (Lipinski definition) is 1. The SMILES string of the molecule is O=C(CCN1CCN(c2cccc(Cl)c2)CC1)NCc1ccncc1. The number of pyridine rings is 1. The number of nitrogens with one attached hydrogen (secondary N) is 1. The van der Waals surface area contributed by atoms with E-state index >= 15 is 0 Å². The Balaban J connectivity index is 1.37. The monoisotopic (exact) mass is 358 g/mol. The largest absolute Gasteiger partial charge is 0.369 e. The summed E-state index contributed by atoms with van der Waals surface area (Å²) in [6.07, 6.45) is 4.00. The van der Waals surface area contributed by atoms with Gasteiger partial charge in [-0.3, -0.25) is 14.7 Å². The normalized spacial score (nSPS) is 15.2. The Kier molecular flexibility index (Phi) is 6.25. The number of halogens is 1. The zero-order valence-electron chi connectivity index (χ0n) is 14.2. The van der Waals surface area contributed by atoms with Crippen LogP contribution in [0.5, 0.6) is 0 Å². The predicted molar refractivity (Wildman–Crippen MR) is 101 cm³/mol. The summed E-state index contributed by atoms with van der Waals surface area (Å²) in [7, 11) is 0. The molecule has 0 unspecified atom stereocenters. The zero-order valence-corrected chi connectivity index (χ0v) is 15.0. The van der Waals surface area contributed by atoms with Crippen LogP contribution >= 0.6 is 11.6 Å². The smallest absolute Gasteiger partial charge is 0.221 e. The first-order chi connectivity index (χ1) is 12.2. The summed E-state index contributed by atoms with van der Waals surface area (Å²) in [5.41, 5.74) is 2.24. The Morgan fingerprint density at radius 2 is 1.88 bits per heavy atom. The molecule has 0 atom stereocenters. The quantitative estimate of drug-likeness (QED) is 0.862. The standard InChI is InChI=1S/C19H23ClN4O/c20-17-2-1-3-18(14-17)24-12-10-23(11-13-24)9-6-19(25)22-15-16-4-7-21-8-5-16/h1-5,7-8,14H,6,9-13,15H2,(H,22,25). The fourth-order valence-electron chi connectivity index (χ4n) is 2.95. The second-order valence-corrected chi connectivity index (χ2v) is 6.63. The molecule has 1 aromatic heterocycles. The summed E-state index contributed by atoms with van der Waals surface area (Å²) < 4.78 is 0. The average Bonchev–Trinajstić information content (AvgIpc) is 2.66. The lowest BCUT2D eigenvalue weighted by molar-refractivity contribution is -0.121. The fourth-order valence-corrected chi connectivity index (χ4v) is 3.14. The van der Waals surface area contributed by atoms with E-state index in [1.54, 1.807) is 12.4 Å². The maximum atomic E-state index is 12.0. The lowest BCUT2D eigenvalue weighted by atomic mass is 10.2.